The summed E-state index contributed by atoms with van der Waals surface area (Å²) < 4.78 is 6.03. The van der Waals surface area contributed by atoms with Crippen LogP contribution in [0.5, 0.6) is 0 Å². The van der Waals surface area contributed by atoms with Crippen molar-refractivity contribution in [3.8, 4) is 22.6 Å². The highest BCUT2D eigenvalue weighted by Crippen LogP contribution is 2.31. The van der Waals surface area contributed by atoms with Crippen molar-refractivity contribution in [3.63, 3.8) is 0 Å². The molecule has 4 rings (SSSR count). The molecule has 0 bridgehead atoms. The first-order chi connectivity index (χ1) is 12.5. The Bertz CT molecular complexity index is 1050. The van der Waals surface area contributed by atoms with Gasteiger partial charge in [0.05, 0.1) is 11.9 Å². The number of fused-ring (bicyclic) bond motifs is 1. The molecule has 2 aromatic carbocycles. The fraction of sp³-hybridized carbons (Fsp3) is 0.208. The topological polar surface area (TPSA) is 26.0 Å². The molecule has 26 heavy (non-hydrogen) atoms. The maximum atomic E-state index is 6.03. The minimum atomic E-state index is 0.532. The van der Waals surface area contributed by atoms with Crippen LogP contribution in [0.2, 0.25) is 0 Å². The summed E-state index contributed by atoms with van der Waals surface area (Å²) in [6.45, 7) is 8.64. The number of nitrogens with zero attached hydrogens (tertiary/aromatic N) is 1. The molecule has 0 aliphatic heterocycles. The molecule has 0 fully saturated rings. The Morgan fingerprint density at radius 3 is 2.15 bits per heavy atom. The lowest BCUT2D eigenvalue weighted by atomic mass is 10.0. The highest BCUT2D eigenvalue weighted by Gasteiger charge is 2.10. The minimum Gasteiger partial charge on any atom is -0.454 e. The number of benzene rings is 2. The van der Waals surface area contributed by atoms with E-state index in [0.29, 0.717) is 5.92 Å². The van der Waals surface area contributed by atoms with Crippen LogP contribution in [0.3, 0.4) is 0 Å². The quantitative estimate of drug-likeness (QED) is 0.405. The number of aromatic nitrogens is 1. The van der Waals surface area contributed by atoms with Crippen molar-refractivity contribution >= 4 is 11.0 Å². The molecule has 2 aromatic heterocycles. The summed E-state index contributed by atoms with van der Waals surface area (Å²) in [5, 5.41) is 1.08. The standard InChI is InChI=1S/C24H23NO/c1-15(2)18-5-7-19(8-6-18)23-13-21-12-22(25-14-24(21)26-23)20-10-16(3)9-17(4)11-20/h5-15H,1-4H3. The van der Waals surface area contributed by atoms with E-state index in [1.807, 2.05) is 6.20 Å². The van der Waals surface area contributed by atoms with Gasteiger partial charge in [-0.2, -0.15) is 0 Å². The molecule has 0 saturated carbocycles. The summed E-state index contributed by atoms with van der Waals surface area (Å²) in [7, 11) is 0. The van der Waals surface area contributed by atoms with Crippen molar-refractivity contribution in [2.45, 2.75) is 33.6 Å². The summed E-state index contributed by atoms with van der Waals surface area (Å²) in [5.74, 6) is 1.42. The first-order valence-electron chi connectivity index (χ1n) is 9.08. The van der Waals surface area contributed by atoms with Crippen LogP contribution in [0.15, 0.2) is 65.2 Å². The van der Waals surface area contributed by atoms with Gasteiger partial charge in [-0.25, -0.2) is 0 Å². The van der Waals surface area contributed by atoms with Crippen molar-refractivity contribution < 1.29 is 4.42 Å². The highest BCUT2D eigenvalue weighted by atomic mass is 16.3. The van der Waals surface area contributed by atoms with Crippen molar-refractivity contribution in [1.82, 2.24) is 4.98 Å². The average Bonchev–Trinajstić information content (AvgIpc) is 3.04. The minimum absolute atomic E-state index is 0.532. The molecule has 2 heteroatoms. The maximum absolute atomic E-state index is 6.03. The molecule has 130 valence electrons. The molecule has 4 aromatic rings. The first-order valence-corrected chi connectivity index (χ1v) is 9.08. The van der Waals surface area contributed by atoms with Crippen LogP contribution in [-0.2, 0) is 0 Å². The maximum Gasteiger partial charge on any atom is 0.153 e. The van der Waals surface area contributed by atoms with Crippen LogP contribution in [-0.4, -0.2) is 4.98 Å². The van der Waals surface area contributed by atoms with Gasteiger partial charge in [0.1, 0.15) is 5.76 Å². The molecule has 0 amide bonds. The van der Waals surface area contributed by atoms with Gasteiger partial charge in [-0.15, -0.1) is 0 Å². The van der Waals surface area contributed by atoms with Crippen molar-refractivity contribution in [1.29, 1.82) is 0 Å². The number of rotatable bonds is 3. The monoisotopic (exact) mass is 341 g/mol. The van der Waals surface area contributed by atoms with E-state index in [9.17, 15) is 0 Å². The van der Waals surface area contributed by atoms with Crippen molar-refractivity contribution in [2.24, 2.45) is 0 Å². The lowest BCUT2D eigenvalue weighted by molar-refractivity contribution is 0.630. The Hall–Kier alpha value is -2.87. The SMILES string of the molecule is Cc1cc(C)cc(-c2cc3cc(-c4ccc(C(C)C)cc4)oc3cn2)c1. The lowest BCUT2D eigenvalue weighted by Crippen LogP contribution is -1.85. The Morgan fingerprint density at radius 2 is 1.50 bits per heavy atom. The number of pyridine rings is 1. The molecule has 0 aliphatic rings. The van der Waals surface area contributed by atoms with E-state index in [4.69, 9.17) is 4.42 Å². The second kappa shape index (κ2) is 6.45. The predicted octanol–water partition coefficient (Wildman–Crippen LogP) is 6.90. The van der Waals surface area contributed by atoms with Crippen LogP contribution in [0.25, 0.3) is 33.6 Å². The Balaban J connectivity index is 1.73. The molecule has 0 aliphatic carbocycles. The number of furan rings is 1. The zero-order chi connectivity index (χ0) is 18.3. The van der Waals surface area contributed by atoms with E-state index in [2.05, 4.69) is 87.3 Å². The van der Waals surface area contributed by atoms with Crippen LogP contribution in [0, 0.1) is 13.8 Å². The summed E-state index contributed by atoms with van der Waals surface area (Å²) in [6.07, 6.45) is 1.83. The summed E-state index contributed by atoms with van der Waals surface area (Å²) >= 11 is 0. The highest BCUT2D eigenvalue weighted by molar-refractivity contribution is 5.85. The smallest absolute Gasteiger partial charge is 0.153 e. The predicted molar refractivity (Wildman–Crippen MR) is 108 cm³/mol. The Labute approximate surface area is 154 Å². The fourth-order valence-corrected chi connectivity index (χ4v) is 3.40. The molecular formula is C24H23NO. The van der Waals surface area contributed by atoms with Gasteiger partial charge in [0.25, 0.3) is 0 Å². The summed E-state index contributed by atoms with van der Waals surface area (Å²) in [4.78, 5) is 4.61. The van der Waals surface area contributed by atoms with Gasteiger partial charge in [0.2, 0.25) is 0 Å². The Kier molecular flexibility index (Phi) is 4.12. The normalized spacial score (nSPS) is 11.4. The molecule has 0 saturated heterocycles. The van der Waals surface area contributed by atoms with Gasteiger partial charge in [-0.05, 0) is 49.6 Å². The Morgan fingerprint density at radius 1 is 0.808 bits per heavy atom. The van der Waals surface area contributed by atoms with Crippen molar-refractivity contribution in [2.75, 3.05) is 0 Å². The van der Waals surface area contributed by atoms with Gasteiger partial charge in [0.15, 0.2) is 5.58 Å². The third kappa shape index (κ3) is 3.15. The lowest BCUT2D eigenvalue weighted by Gasteiger charge is -2.05. The second-order valence-corrected chi connectivity index (χ2v) is 7.37. The number of hydrogen-bond acceptors (Lipinski definition) is 2. The van der Waals surface area contributed by atoms with Crippen LogP contribution in [0.4, 0.5) is 0 Å². The molecule has 0 radical (unpaired) electrons. The van der Waals surface area contributed by atoms with E-state index in [0.717, 1.165) is 33.6 Å². The van der Waals surface area contributed by atoms with E-state index in [1.54, 1.807) is 0 Å². The zero-order valence-electron chi connectivity index (χ0n) is 15.7. The largest absolute Gasteiger partial charge is 0.454 e. The molecule has 2 nitrogen and oxygen atoms in total. The zero-order valence-corrected chi connectivity index (χ0v) is 15.7. The van der Waals surface area contributed by atoms with Gasteiger partial charge in [-0.3, -0.25) is 4.98 Å². The third-order valence-electron chi connectivity index (χ3n) is 4.78. The molecule has 0 spiro atoms. The van der Waals surface area contributed by atoms with E-state index in [-0.39, 0.29) is 0 Å². The molecule has 2 heterocycles. The first kappa shape index (κ1) is 16.6. The number of aryl methyl sites for hydroxylation is 2. The molecule has 0 atom stereocenters. The van der Waals surface area contributed by atoms with E-state index < -0.39 is 0 Å². The molecule has 0 N–H and O–H groups in total. The fourth-order valence-electron chi connectivity index (χ4n) is 3.40. The summed E-state index contributed by atoms with van der Waals surface area (Å²) in [5.41, 5.74) is 7.88. The third-order valence-corrected chi connectivity index (χ3v) is 4.78. The second-order valence-electron chi connectivity index (χ2n) is 7.37. The van der Waals surface area contributed by atoms with Gasteiger partial charge < -0.3 is 4.42 Å². The molecular weight excluding hydrogens is 318 g/mol. The summed E-state index contributed by atoms with van der Waals surface area (Å²) in [6, 6.07) is 19.3. The van der Waals surface area contributed by atoms with E-state index in [1.165, 1.54) is 16.7 Å². The van der Waals surface area contributed by atoms with Gasteiger partial charge in [0, 0.05) is 16.5 Å². The van der Waals surface area contributed by atoms with Gasteiger partial charge in [-0.1, -0.05) is 55.3 Å². The van der Waals surface area contributed by atoms with Crippen molar-refractivity contribution in [3.05, 3.63) is 77.5 Å². The van der Waals surface area contributed by atoms with Crippen LogP contribution >= 0.6 is 0 Å². The molecule has 0 unspecified atom stereocenters. The average molecular weight is 341 g/mol. The van der Waals surface area contributed by atoms with Crippen LogP contribution in [0.1, 0.15) is 36.5 Å². The van der Waals surface area contributed by atoms with Gasteiger partial charge >= 0.3 is 0 Å². The van der Waals surface area contributed by atoms with E-state index >= 15 is 0 Å². The number of hydrogen-bond donors (Lipinski definition) is 0. The van der Waals surface area contributed by atoms with Crippen LogP contribution < -0.4 is 0 Å².